The van der Waals surface area contributed by atoms with Gasteiger partial charge in [-0.25, -0.2) is 8.78 Å². The van der Waals surface area contributed by atoms with E-state index in [4.69, 9.17) is 23.9 Å². The van der Waals surface area contributed by atoms with E-state index < -0.39 is 13.0 Å². The van der Waals surface area contributed by atoms with Crippen LogP contribution in [0.2, 0.25) is 0 Å². The van der Waals surface area contributed by atoms with Crippen molar-refractivity contribution >= 4 is 0 Å². The van der Waals surface area contributed by atoms with E-state index in [1.54, 1.807) is 6.07 Å². The summed E-state index contributed by atoms with van der Waals surface area (Å²) in [5, 5.41) is 0. The summed E-state index contributed by atoms with van der Waals surface area (Å²) in [6, 6.07) is 17.6. The molecular weight excluding hydrogens is 466 g/mol. The molecule has 0 amide bonds. The Labute approximate surface area is 209 Å². The molecule has 190 valence electrons. The highest BCUT2D eigenvalue weighted by molar-refractivity contribution is 5.71. The summed E-state index contributed by atoms with van der Waals surface area (Å²) >= 11 is 0. The number of nitrogens with zero attached hydrogens (tertiary/aromatic N) is 2. The lowest BCUT2D eigenvalue weighted by atomic mass is 9.94. The SMILES string of the molecule is Cc1c(OCc2ccccc2)cc(=NC[C@@H]2COCCO2)n2c1-c1ccc(OCC(F)F)cc1CC2. The van der Waals surface area contributed by atoms with E-state index in [2.05, 4.69) is 4.57 Å². The largest absolute Gasteiger partial charge is 0.488 e. The van der Waals surface area contributed by atoms with Crippen LogP contribution in [0.5, 0.6) is 11.5 Å². The van der Waals surface area contributed by atoms with Crippen LogP contribution in [0, 0.1) is 6.92 Å². The Morgan fingerprint density at radius 1 is 1.08 bits per heavy atom. The molecule has 0 saturated carbocycles. The monoisotopic (exact) mass is 496 g/mol. The van der Waals surface area contributed by atoms with E-state index in [0.29, 0.717) is 45.3 Å². The fourth-order valence-electron chi connectivity index (χ4n) is 4.65. The van der Waals surface area contributed by atoms with Crippen molar-refractivity contribution < 1.29 is 27.7 Å². The van der Waals surface area contributed by atoms with Gasteiger partial charge < -0.3 is 23.5 Å². The van der Waals surface area contributed by atoms with Crippen molar-refractivity contribution in [2.75, 3.05) is 33.0 Å². The lowest BCUT2D eigenvalue weighted by Crippen LogP contribution is -2.33. The molecule has 1 aromatic heterocycles. The fourth-order valence-corrected chi connectivity index (χ4v) is 4.65. The molecule has 36 heavy (non-hydrogen) atoms. The molecule has 2 aliphatic heterocycles. The molecule has 1 saturated heterocycles. The topological polar surface area (TPSA) is 54.2 Å². The maximum atomic E-state index is 12.6. The van der Waals surface area contributed by atoms with E-state index in [1.807, 2.05) is 55.5 Å². The number of halogens is 2. The first-order valence-corrected chi connectivity index (χ1v) is 12.2. The summed E-state index contributed by atoms with van der Waals surface area (Å²) in [6.07, 6.45) is -1.84. The Hall–Kier alpha value is -3.23. The van der Waals surface area contributed by atoms with E-state index >= 15 is 0 Å². The van der Waals surface area contributed by atoms with Crippen molar-refractivity contribution in [1.82, 2.24) is 4.57 Å². The van der Waals surface area contributed by atoms with Crippen LogP contribution in [0.1, 0.15) is 16.7 Å². The first-order valence-electron chi connectivity index (χ1n) is 12.2. The highest BCUT2D eigenvalue weighted by Gasteiger charge is 2.22. The molecule has 0 radical (unpaired) electrons. The first kappa shape index (κ1) is 24.5. The number of ether oxygens (including phenoxy) is 4. The Morgan fingerprint density at radius 3 is 2.72 bits per heavy atom. The highest BCUT2D eigenvalue weighted by atomic mass is 19.3. The molecule has 8 heteroatoms. The van der Waals surface area contributed by atoms with Gasteiger partial charge >= 0.3 is 0 Å². The third kappa shape index (κ3) is 5.60. The van der Waals surface area contributed by atoms with Crippen LogP contribution in [-0.2, 0) is 29.0 Å². The molecule has 0 bridgehead atoms. The Balaban J connectivity index is 1.52. The molecule has 6 nitrogen and oxygen atoms in total. The minimum atomic E-state index is -2.51. The lowest BCUT2D eigenvalue weighted by molar-refractivity contribution is -0.0835. The van der Waals surface area contributed by atoms with Crippen LogP contribution in [0.25, 0.3) is 11.3 Å². The van der Waals surface area contributed by atoms with Gasteiger partial charge in [0, 0.05) is 23.7 Å². The number of aromatic nitrogens is 1. The van der Waals surface area contributed by atoms with Crippen LogP contribution >= 0.6 is 0 Å². The van der Waals surface area contributed by atoms with E-state index in [0.717, 1.165) is 45.6 Å². The number of pyridine rings is 1. The van der Waals surface area contributed by atoms with E-state index in [-0.39, 0.29) is 6.10 Å². The molecule has 0 N–H and O–H groups in total. The Bertz CT molecular complexity index is 1250. The quantitative estimate of drug-likeness (QED) is 0.459. The van der Waals surface area contributed by atoms with E-state index in [9.17, 15) is 8.78 Å². The predicted octanol–water partition coefficient (Wildman–Crippen LogP) is 4.56. The van der Waals surface area contributed by atoms with Gasteiger partial charge in [0.15, 0.2) is 0 Å². The summed E-state index contributed by atoms with van der Waals surface area (Å²) in [4.78, 5) is 4.91. The van der Waals surface area contributed by atoms with Gasteiger partial charge in [-0.05, 0) is 42.7 Å². The van der Waals surface area contributed by atoms with Crippen LogP contribution in [-0.4, -0.2) is 50.1 Å². The molecule has 0 aliphatic carbocycles. The predicted molar refractivity (Wildman–Crippen MR) is 132 cm³/mol. The minimum absolute atomic E-state index is 0.0737. The summed E-state index contributed by atoms with van der Waals surface area (Å²) < 4.78 is 50.3. The van der Waals surface area contributed by atoms with Gasteiger partial charge in [-0.3, -0.25) is 4.99 Å². The number of aryl methyl sites for hydroxylation is 1. The van der Waals surface area contributed by atoms with Gasteiger partial charge in [-0.1, -0.05) is 30.3 Å². The molecule has 2 aromatic carbocycles. The molecule has 3 aromatic rings. The summed E-state index contributed by atoms with van der Waals surface area (Å²) in [7, 11) is 0. The molecule has 0 spiro atoms. The van der Waals surface area contributed by atoms with Gasteiger partial charge in [0.25, 0.3) is 6.43 Å². The zero-order valence-corrected chi connectivity index (χ0v) is 20.3. The fraction of sp³-hybridized carbons (Fsp3) is 0.393. The molecule has 2 aliphatic rings. The number of hydrogen-bond donors (Lipinski definition) is 0. The van der Waals surface area contributed by atoms with Crippen molar-refractivity contribution in [3.05, 3.63) is 76.8 Å². The smallest absolute Gasteiger partial charge is 0.272 e. The van der Waals surface area contributed by atoms with Crippen molar-refractivity contribution in [2.45, 2.75) is 39.0 Å². The number of rotatable bonds is 8. The number of hydrogen-bond acceptors (Lipinski definition) is 5. The van der Waals surface area contributed by atoms with Gasteiger partial charge in [0.05, 0.1) is 32.1 Å². The zero-order chi connectivity index (χ0) is 24.9. The average molecular weight is 497 g/mol. The molecular formula is C28H30F2N2O4. The Kier molecular flexibility index (Phi) is 7.63. The van der Waals surface area contributed by atoms with E-state index in [1.165, 1.54) is 0 Å². The molecule has 1 fully saturated rings. The van der Waals surface area contributed by atoms with Gasteiger partial charge in [-0.15, -0.1) is 0 Å². The maximum Gasteiger partial charge on any atom is 0.272 e. The lowest BCUT2D eigenvalue weighted by Gasteiger charge is -2.27. The summed E-state index contributed by atoms with van der Waals surface area (Å²) in [5.41, 5.74) is 6.00. The normalized spacial score (nSPS) is 17.6. The minimum Gasteiger partial charge on any atom is -0.488 e. The standard InChI is InChI=1S/C28H30F2N2O4/c1-19-25(36-16-20-5-3-2-4-6-20)14-27(31-15-23-17-33-11-12-34-23)32-10-9-21-13-22(35-18-26(29)30)7-8-24(21)28(19)32/h2-8,13-14,23,26H,9-12,15-18H2,1H3/t23-/m1/s1. The van der Waals surface area contributed by atoms with Crippen molar-refractivity contribution in [3.8, 4) is 22.8 Å². The first-order chi connectivity index (χ1) is 17.6. The average Bonchev–Trinajstić information content (AvgIpc) is 2.91. The molecule has 3 heterocycles. The third-order valence-electron chi connectivity index (χ3n) is 6.42. The van der Waals surface area contributed by atoms with Crippen molar-refractivity contribution in [2.24, 2.45) is 4.99 Å². The third-order valence-corrected chi connectivity index (χ3v) is 6.42. The van der Waals surface area contributed by atoms with Crippen molar-refractivity contribution in [3.63, 3.8) is 0 Å². The number of alkyl halides is 2. The molecule has 5 rings (SSSR count). The Morgan fingerprint density at radius 2 is 1.94 bits per heavy atom. The van der Waals surface area contributed by atoms with Crippen LogP contribution in [0.15, 0.2) is 59.6 Å². The zero-order valence-electron chi connectivity index (χ0n) is 20.3. The van der Waals surface area contributed by atoms with Crippen LogP contribution in [0.4, 0.5) is 8.78 Å². The number of benzene rings is 2. The second-order valence-electron chi connectivity index (χ2n) is 8.95. The van der Waals surface area contributed by atoms with Gasteiger partial charge in [0.1, 0.15) is 36.3 Å². The van der Waals surface area contributed by atoms with Gasteiger partial charge in [0.2, 0.25) is 0 Å². The van der Waals surface area contributed by atoms with Crippen molar-refractivity contribution in [1.29, 1.82) is 0 Å². The number of fused-ring (bicyclic) bond motifs is 3. The van der Waals surface area contributed by atoms with Crippen LogP contribution in [0.3, 0.4) is 0 Å². The van der Waals surface area contributed by atoms with Gasteiger partial charge in [-0.2, -0.15) is 0 Å². The van der Waals surface area contributed by atoms with Crippen LogP contribution < -0.4 is 15.0 Å². The maximum absolute atomic E-state index is 12.6. The summed E-state index contributed by atoms with van der Waals surface area (Å²) in [6.45, 7) is 4.80. The molecule has 1 atom stereocenters. The summed E-state index contributed by atoms with van der Waals surface area (Å²) in [5.74, 6) is 1.21. The molecule has 0 unspecified atom stereocenters. The second kappa shape index (κ2) is 11.2. The highest BCUT2D eigenvalue weighted by Crippen LogP contribution is 2.36. The second-order valence-corrected chi connectivity index (χ2v) is 8.95.